The van der Waals surface area contributed by atoms with Crippen LogP contribution in [-0.2, 0) is 6.42 Å². The highest BCUT2D eigenvalue weighted by molar-refractivity contribution is 6.30. The molecule has 0 radical (unpaired) electrons. The van der Waals surface area contributed by atoms with Crippen molar-refractivity contribution in [3.05, 3.63) is 46.3 Å². The number of benzene rings is 1. The molecule has 1 aromatic rings. The van der Waals surface area contributed by atoms with Gasteiger partial charge in [-0.1, -0.05) is 29.3 Å². The van der Waals surface area contributed by atoms with Gasteiger partial charge in [-0.05, 0) is 56.2 Å². The molecule has 1 aliphatic rings. The van der Waals surface area contributed by atoms with Gasteiger partial charge in [-0.3, -0.25) is 0 Å². The second-order valence-electron chi connectivity index (χ2n) is 5.01. The first kappa shape index (κ1) is 13.6. The number of nitrogens with two attached hydrogens (primary N) is 1. The van der Waals surface area contributed by atoms with Crippen molar-refractivity contribution in [2.24, 2.45) is 5.73 Å². The lowest BCUT2D eigenvalue weighted by molar-refractivity contribution is 0.570. The van der Waals surface area contributed by atoms with E-state index in [4.69, 9.17) is 17.3 Å². The smallest absolute Gasteiger partial charge is 0.127 e. The standard InChI is InChI=1S/C15H19ClFN/c16-13-7-6-12(15(17)10-13)9-14(18)8-11-4-2-1-3-5-11/h4,6-7,10,14H,1-3,5,8-9,18H2. The molecule has 0 saturated heterocycles. The number of halogens is 2. The number of hydrogen-bond donors (Lipinski definition) is 1. The zero-order valence-electron chi connectivity index (χ0n) is 10.5. The molecule has 18 heavy (non-hydrogen) atoms. The summed E-state index contributed by atoms with van der Waals surface area (Å²) >= 11 is 5.73. The zero-order valence-corrected chi connectivity index (χ0v) is 11.2. The van der Waals surface area contributed by atoms with Gasteiger partial charge in [0, 0.05) is 11.1 Å². The maximum atomic E-state index is 13.6. The molecule has 0 heterocycles. The van der Waals surface area contributed by atoms with E-state index in [1.54, 1.807) is 12.1 Å². The van der Waals surface area contributed by atoms with Crippen LogP contribution in [0.25, 0.3) is 0 Å². The van der Waals surface area contributed by atoms with E-state index in [0.29, 0.717) is 17.0 Å². The molecule has 0 bridgehead atoms. The molecule has 1 unspecified atom stereocenters. The van der Waals surface area contributed by atoms with Crippen LogP contribution in [-0.4, -0.2) is 6.04 Å². The highest BCUT2D eigenvalue weighted by Gasteiger charge is 2.12. The fourth-order valence-electron chi connectivity index (χ4n) is 2.47. The summed E-state index contributed by atoms with van der Waals surface area (Å²) in [5, 5.41) is 0.430. The maximum Gasteiger partial charge on any atom is 0.127 e. The Morgan fingerprint density at radius 2 is 2.11 bits per heavy atom. The van der Waals surface area contributed by atoms with E-state index >= 15 is 0 Å². The fourth-order valence-corrected chi connectivity index (χ4v) is 2.63. The lowest BCUT2D eigenvalue weighted by Gasteiger charge is -2.17. The lowest BCUT2D eigenvalue weighted by atomic mass is 9.92. The van der Waals surface area contributed by atoms with Crippen LogP contribution in [0.1, 0.15) is 37.7 Å². The summed E-state index contributed by atoms with van der Waals surface area (Å²) in [5.41, 5.74) is 8.19. The van der Waals surface area contributed by atoms with E-state index in [9.17, 15) is 4.39 Å². The summed E-state index contributed by atoms with van der Waals surface area (Å²) in [6, 6.07) is 4.79. The average molecular weight is 268 g/mol. The number of hydrogen-bond acceptors (Lipinski definition) is 1. The molecule has 0 fully saturated rings. The molecule has 1 atom stereocenters. The van der Waals surface area contributed by atoms with E-state index in [0.717, 1.165) is 19.3 Å². The molecule has 0 aliphatic heterocycles. The molecule has 2 N–H and O–H groups in total. The molecule has 3 heteroatoms. The molecule has 98 valence electrons. The molecule has 1 aliphatic carbocycles. The lowest BCUT2D eigenvalue weighted by Crippen LogP contribution is -2.24. The van der Waals surface area contributed by atoms with E-state index < -0.39 is 0 Å². The Hall–Kier alpha value is -0.860. The van der Waals surface area contributed by atoms with Crippen molar-refractivity contribution in [3.63, 3.8) is 0 Å². The van der Waals surface area contributed by atoms with Gasteiger partial charge in [0.25, 0.3) is 0 Å². The van der Waals surface area contributed by atoms with Gasteiger partial charge in [0.1, 0.15) is 5.82 Å². The van der Waals surface area contributed by atoms with Crippen molar-refractivity contribution in [3.8, 4) is 0 Å². The highest BCUT2D eigenvalue weighted by Crippen LogP contribution is 2.23. The molecule has 0 spiro atoms. The third-order valence-corrected chi connectivity index (χ3v) is 3.64. The van der Waals surface area contributed by atoms with Gasteiger partial charge in [0.2, 0.25) is 0 Å². The Balaban J connectivity index is 1.94. The van der Waals surface area contributed by atoms with Crippen molar-refractivity contribution in [2.75, 3.05) is 0 Å². The van der Waals surface area contributed by atoms with Gasteiger partial charge < -0.3 is 5.73 Å². The summed E-state index contributed by atoms with van der Waals surface area (Å²) in [6.07, 6.45) is 8.59. The van der Waals surface area contributed by atoms with Crippen molar-refractivity contribution < 1.29 is 4.39 Å². The molecule has 0 amide bonds. The minimum Gasteiger partial charge on any atom is -0.327 e. The quantitative estimate of drug-likeness (QED) is 0.812. The molecule has 2 rings (SSSR count). The van der Waals surface area contributed by atoms with Crippen LogP contribution in [0.3, 0.4) is 0 Å². The predicted octanol–water partition coefficient (Wildman–Crippen LogP) is 4.24. The predicted molar refractivity (Wildman–Crippen MR) is 74.3 cm³/mol. The zero-order chi connectivity index (χ0) is 13.0. The van der Waals surface area contributed by atoms with Crippen LogP contribution in [0.2, 0.25) is 5.02 Å². The highest BCUT2D eigenvalue weighted by atomic mass is 35.5. The fraction of sp³-hybridized carbons (Fsp3) is 0.467. The molecular weight excluding hydrogens is 249 g/mol. The van der Waals surface area contributed by atoms with Crippen LogP contribution < -0.4 is 5.73 Å². The Kier molecular flexibility index (Phi) is 4.79. The van der Waals surface area contributed by atoms with Gasteiger partial charge in [0.05, 0.1) is 0 Å². The van der Waals surface area contributed by atoms with Gasteiger partial charge in [-0.15, -0.1) is 0 Å². The summed E-state index contributed by atoms with van der Waals surface area (Å²) in [6.45, 7) is 0. The third-order valence-electron chi connectivity index (χ3n) is 3.41. The first-order valence-electron chi connectivity index (χ1n) is 6.52. The van der Waals surface area contributed by atoms with Crippen molar-refractivity contribution in [2.45, 2.75) is 44.6 Å². The number of rotatable bonds is 4. The second kappa shape index (κ2) is 6.35. The Bertz CT molecular complexity index is 442. The summed E-state index contributed by atoms with van der Waals surface area (Å²) in [5.74, 6) is -0.254. The van der Waals surface area contributed by atoms with Crippen LogP contribution in [0.15, 0.2) is 29.8 Å². The van der Waals surface area contributed by atoms with Crippen LogP contribution in [0, 0.1) is 5.82 Å². The topological polar surface area (TPSA) is 26.0 Å². The molecule has 1 nitrogen and oxygen atoms in total. The Morgan fingerprint density at radius 3 is 2.78 bits per heavy atom. The summed E-state index contributed by atoms with van der Waals surface area (Å²) in [7, 11) is 0. The molecule has 0 aromatic heterocycles. The van der Waals surface area contributed by atoms with E-state index in [1.807, 2.05) is 0 Å². The average Bonchev–Trinajstić information content (AvgIpc) is 2.34. The third kappa shape index (κ3) is 3.82. The van der Waals surface area contributed by atoms with E-state index in [1.165, 1.54) is 24.5 Å². The summed E-state index contributed by atoms with van der Waals surface area (Å²) in [4.78, 5) is 0. The number of allylic oxidation sites excluding steroid dienone is 1. The van der Waals surface area contributed by atoms with Crippen LogP contribution >= 0.6 is 11.6 Å². The van der Waals surface area contributed by atoms with Crippen LogP contribution in [0.5, 0.6) is 0 Å². The van der Waals surface area contributed by atoms with Gasteiger partial charge in [0.15, 0.2) is 0 Å². The minimum absolute atomic E-state index is 0.00924. The van der Waals surface area contributed by atoms with E-state index in [-0.39, 0.29) is 11.9 Å². The molecule has 0 saturated carbocycles. The molecular formula is C15H19ClFN. The van der Waals surface area contributed by atoms with Crippen molar-refractivity contribution in [1.82, 2.24) is 0 Å². The van der Waals surface area contributed by atoms with Gasteiger partial charge in [-0.25, -0.2) is 4.39 Å². The van der Waals surface area contributed by atoms with Crippen molar-refractivity contribution in [1.29, 1.82) is 0 Å². The monoisotopic (exact) mass is 267 g/mol. The van der Waals surface area contributed by atoms with Crippen LogP contribution in [0.4, 0.5) is 4.39 Å². The first-order chi connectivity index (χ1) is 8.65. The van der Waals surface area contributed by atoms with E-state index in [2.05, 4.69) is 6.08 Å². The van der Waals surface area contributed by atoms with Gasteiger partial charge >= 0.3 is 0 Å². The Morgan fingerprint density at radius 1 is 1.28 bits per heavy atom. The summed E-state index contributed by atoms with van der Waals surface area (Å²) < 4.78 is 13.6. The maximum absolute atomic E-state index is 13.6. The normalized spacial score (nSPS) is 17.4. The van der Waals surface area contributed by atoms with Crippen molar-refractivity contribution >= 4 is 11.6 Å². The first-order valence-corrected chi connectivity index (χ1v) is 6.90. The second-order valence-corrected chi connectivity index (χ2v) is 5.45. The SMILES string of the molecule is NC(CC1=CCCCC1)Cc1ccc(Cl)cc1F. The largest absolute Gasteiger partial charge is 0.327 e. The van der Waals surface area contributed by atoms with Gasteiger partial charge in [-0.2, -0.15) is 0 Å². The molecule has 1 aromatic carbocycles. The minimum atomic E-state index is -0.254. The Labute approximate surface area is 113 Å².